The summed E-state index contributed by atoms with van der Waals surface area (Å²) in [6, 6.07) is 6.69. The molecule has 6 rings (SSSR count). The van der Waals surface area contributed by atoms with E-state index >= 15 is 0 Å². The molecule has 0 aromatic heterocycles. The zero-order valence-electron chi connectivity index (χ0n) is 34.0. The van der Waals surface area contributed by atoms with Gasteiger partial charge in [-0.2, -0.15) is 0 Å². The van der Waals surface area contributed by atoms with Gasteiger partial charge in [-0.3, -0.25) is 9.59 Å². The van der Waals surface area contributed by atoms with E-state index in [0.29, 0.717) is 0 Å². The molecule has 3 aliphatic carbocycles. The topological polar surface area (TPSA) is 234 Å². The number of Topliss-reactive ketones (excluding diaryl/α,β-unsaturated/α-hetero) is 1. The van der Waals surface area contributed by atoms with E-state index in [-0.39, 0.29) is 29.7 Å². The minimum Gasteiger partial charge on any atom is -0.456 e. The Hall–Kier alpha value is -3.93. The first-order valence-electron chi connectivity index (χ1n) is 19.2. The number of fused-ring (bicyclic) bond motifs is 5. The highest BCUT2D eigenvalue weighted by molar-refractivity contribution is 5.94. The predicted molar refractivity (Wildman–Crippen MR) is 197 cm³/mol. The first-order valence-corrected chi connectivity index (χ1v) is 19.2. The summed E-state index contributed by atoms with van der Waals surface area (Å²) in [5.74, 6) is -5.16. The summed E-state index contributed by atoms with van der Waals surface area (Å²) in [5, 5.41) is 50.9. The predicted octanol–water partition coefficient (Wildman–Crippen LogP) is 2.27. The van der Waals surface area contributed by atoms with Crippen molar-refractivity contribution in [2.45, 2.75) is 148 Å². The summed E-state index contributed by atoms with van der Waals surface area (Å²) >= 11 is 0. The van der Waals surface area contributed by atoms with Crippen molar-refractivity contribution >= 4 is 29.8 Å². The van der Waals surface area contributed by atoms with Crippen LogP contribution in [0.3, 0.4) is 0 Å². The van der Waals surface area contributed by atoms with Gasteiger partial charge < -0.3 is 54.2 Å². The van der Waals surface area contributed by atoms with Gasteiger partial charge in [0.1, 0.15) is 35.6 Å². The molecular formula is C41H55NO15. The SMILES string of the molecule is CC(=O)O[C@@]12CO[C@@H]1C[C@H](O)[C@@]1(C)C(=O)[C@H](O)C3=C(C)[C@@H](OC(=O)C4OC(O)C(C)(C)[C@H]4NC(=O)OC(C)(C)C)C[C@@](O)([C@@H](OC(=O)c4ccccc4)[C@H]21)C3(C)C. The highest BCUT2D eigenvalue weighted by atomic mass is 16.7. The van der Waals surface area contributed by atoms with E-state index < -0.39 is 124 Å². The van der Waals surface area contributed by atoms with E-state index in [2.05, 4.69) is 5.32 Å². The Balaban J connectivity index is 1.49. The van der Waals surface area contributed by atoms with Gasteiger partial charge in [0.25, 0.3) is 0 Å². The lowest BCUT2D eigenvalue weighted by molar-refractivity contribution is -0.346. The number of nitrogens with one attached hydrogen (secondary N) is 1. The van der Waals surface area contributed by atoms with Gasteiger partial charge in [0.2, 0.25) is 0 Å². The van der Waals surface area contributed by atoms with Crippen LogP contribution in [0.15, 0.2) is 41.5 Å². The van der Waals surface area contributed by atoms with E-state index in [9.17, 15) is 44.4 Å². The van der Waals surface area contributed by atoms with Crippen LogP contribution in [0.4, 0.5) is 4.79 Å². The maximum atomic E-state index is 14.9. The molecular weight excluding hydrogens is 746 g/mol. The normalized spacial score (nSPS) is 39.3. The molecule has 2 bridgehead atoms. The van der Waals surface area contributed by atoms with Gasteiger partial charge >= 0.3 is 24.0 Å². The minimum absolute atomic E-state index is 0.0451. The number of alkyl carbamates (subject to hydrolysis) is 1. The largest absolute Gasteiger partial charge is 0.456 e. The first-order chi connectivity index (χ1) is 26.2. The summed E-state index contributed by atoms with van der Waals surface area (Å²) in [6.07, 6.45) is -12.4. The van der Waals surface area contributed by atoms with Gasteiger partial charge in [0, 0.05) is 30.6 Å². The summed E-state index contributed by atoms with van der Waals surface area (Å²) in [6.45, 7) is 15.0. The Morgan fingerprint density at radius 3 is 2.16 bits per heavy atom. The number of benzene rings is 1. The molecule has 2 aliphatic heterocycles. The number of hydrogen-bond donors (Lipinski definition) is 5. The van der Waals surface area contributed by atoms with Crippen LogP contribution in [-0.2, 0) is 42.8 Å². The average Bonchev–Trinajstić information content (AvgIpc) is 3.32. The monoisotopic (exact) mass is 801 g/mol. The van der Waals surface area contributed by atoms with Crippen LogP contribution >= 0.6 is 0 Å². The Morgan fingerprint density at radius 2 is 1.60 bits per heavy atom. The second kappa shape index (κ2) is 14.1. The second-order valence-electron chi connectivity index (χ2n) is 18.4. The van der Waals surface area contributed by atoms with Gasteiger partial charge in [-0.15, -0.1) is 0 Å². The van der Waals surface area contributed by atoms with Gasteiger partial charge in [-0.1, -0.05) is 45.9 Å². The molecule has 2 saturated carbocycles. The Labute approximate surface area is 331 Å². The third-order valence-electron chi connectivity index (χ3n) is 13.1. The van der Waals surface area contributed by atoms with Crippen molar-refractivity contribution in [1.29, 1.82) is 0 Å². The fourth-order valence-electron chi connectivity index (χ4n) is 9.81. The molecule has 0 radical (unpaired) electrons. The quantitative estimate of drug-likeness (QED) is 0.158. The molecule has 5 N–H and O–H groups in total. The zero-order valence-corrected chi connectivity index (χ0v) is 34.0. The van der Waals surface area contributed by atoms with Crippen molar-refractivity contribution in [2.75, 3.05) is 6.61 Å². The number of ketones is 1. The zero-order chi connectivity index (χ0) is 42.4. The molecule has 12 atom stereocenters. The average molecular weight is 802 g/mol. The van der Waals surface area contributed by atoms with Gasteiger partial charge in [0.15, 0.2) is 23.8 Å². The molecule has 5 aliphatic rings. The molecule has 16 heteroatoms. The molecule has 1 aromatic rings. The molecule has 0 spiro atoms. The van der Waals surface area contributed by atoms with Crippen LogP contribution in [-0.4, -0.2) is 123 Å². The number of rotatable bonds is 6. The second-order valence-corrected chi connectivity index (χ2v) is 18.4. The van der Waals surface area contributed by atoms with Crippen LogP contribution in [0.1, 0.15) is 92.4 Å². The number of carbonyl (C=O) groups excluding carboxylic acids is 5. The number of aliphatic hydroxyl groups is 4. The molecule has 4 fully saturated rings. The molecule has 2 heterocycles. The summed E-state index contributed by atoms with van der Waals surface area (Å²) in [5.41, 5.74) is -9.58. The maximum absolute atomic E-state index is 14.9. The fraction of sp³-hybridized carbons (Fsp3) is 0.683. The minimum atomic E-state index is -2.33. The van der Waals surface area contributed by atoms with Gasteiger partial charge in [0.05, 0.1) is 35.6 Å². The molecule has 1 aromatic carbocycles. The standard InChI is InChI=1S/C41H55NO15/c1-19-22(53-33(48)27-29(37(6,7)34(49)54-27)42-35(50)57-36(3,4)5)17-41(51)31(55-32(47)21-14-12-11-13-15-21)28-39(10,30(46)26(45)25(19)38(41,8)9)23(44)16-24-40(28,18-52-24)56-20(2)43/h11-15,22-24,26-29,31,34,44-45,49,51H,16-18H2,1-10H3,(H,42,50)/t22-,23-,24+,26+,27?,28-,29-,31-,34?,39+,40-,41+/m0/s1. The van der Waals surface area contributed by atoms with Crippen LogP contribution < -0.4 is 5.32 Å². The number of ether oxygens (including phenoxy) is 6. The Kier molecular flexibility index (Phi) is 10.6. The number of carbonyl (C=O) groups is 5. The van der Waals surface area contributed by atoms with Crippen molar-refractivity contribution < 1.29 is 72.8 Å². The van der Waals surface area contributed by atoms with E-state index in [4.69, 9.17) is 28.4 Å². The van der Waals surface area contributed by atoms with Crippen molar-refractivity contribution in [3.63, 3.8) is 0 Å². The van der Waals surface area contributed by atoms with Crippen LogP contribution in [0.25, 0.3) is 0 Å². The molecule has 57 heavy (non-hydrogen) atoms. The summed E-state index contributed by atoms with van der Waals surface area (Å²) < 4.78 is 35.3. The fourth-order valence-corrected chi connectivity index (χ4v) is 9.81. The molecule has 1 amide bonds. The first kappa shape index (κ1) is 42.7. The number of aliphatic hydroxyl groups excluding tert-OH is 3. The van der Waals surface area contributed by atoms with Crippen LogP contribution in [0, 0.1) is 22.2 Å². The van der Waals surface area contributed by atoms with Crippen molar-refractivity contribution in [3.8, 4) is 0 Å². The highest BCUT2D eigenvalue weighted by Gasteiger charge is 2.78. The number of esters is 3. The molecule has 2 saturated heterocycles. The van der Waals surface area contributed by atoms with Crippen molar-refractivity contribution in [3.05, 3.63) is 47.0 Å². The van der Waals surface area contributed by atoms with Crippen LogP contribution in [0.2, 0.25) is 0 Å². The number of amides is 1. The van der Waals surface area contributed by atoms with Crippen LogP contribution in [0.5, 0.6) is 0 Å². The third-order valence-corrected chi connectivity index (χ3v) is 13.1. The van der Waals surface area contributed by atoms with E-state index in [0.717, 1.165) is 6.92 Å². The van der Waals surface area contributed by atoms with E-state index in [1.807, 2.05) is 0 Å². The van der Waals surface area contributed by atoms with Gasteiger partial charge in [-0.05, 0) is 57.9 Å². The molecule has 16 nitrogen and oxygen atoms in total. The molecule has 2 unspecified atom stereocenters. The molecule has 314 valence electrons. The lowest BCUT2D eigenvalue weighted by Gasteiger charge is -2.67. The smallest absolute Gasteiger partial charge is 0.407 e. The van der Waals surface area contributed by atoms with E-state index in [1.54, 1.807) is 66.7 Å². The van der Waals surface area contributed by atoms with Gasteiger partial charge in [-0.25, -0.2) is 14.4 Å². The van der Waals surface area contributed by atoms with Crippen molar-refractivity contribution in [2.24, 2.45) is 22.2 Å². The van der Waals surface area contributed by atoms with E-state index in [1.165, 1.54) is 26.0 Å². The summed E-state index contributed by atoms with van der Waals surface area (Å²) in [4.78, 5) is 69.0. The van der Waals surface area contributed by atoms with Crippen molar-refractivity contribution in [1.82, 2.24) is 5.32 Å². The highest BCUT2D eigenvalue weighted by Crippen LogP contribution is 2.64. The third kappa shape index (κ3) is 6.65. The Morgan fingerprint density at radius 1 is 0.965 bits per heavy atom. The lowest BCUT2D eigenvalue weighted by atomic mass is 9.44. The Bertz CT molecular complexity index is 1850. The number of hydrogen-bond acceptors (Lipinski definition) is 15. The maximum Gasteiger partial charge on any atom is 0.407 e. The summed E-state index contributed by atoms with van der Waals surface area (Å²) in [7, 11) is 0. The lowest BCUT2D eigenvalue weighted by Crippen LogP contribution is -2.81.